The summed E-state index contributed by atoms with van der Waals surface area (Å²) in [5.41, 5.74) is 1.56. The molecule has 0 aliphatic carbocycles. The van der Waals surface area contributed by atoms with Crippen molar-refractivity contribution in [3.63, 3.8) is 0 Å². The highest BCUT2D eigenvalue weighted by Gasteiger charge is 2.09. The van der Waals surface area contributed by atoms with Gasteiger partial charge >= 0.3 is 0 Å². The van der Waals surface area contributed by atoms with Crippen molar-refractivity contribution < 1.29 is 9.72 Å². The first-order chi connectivity index (χ1) is 9.06. The van der Waals surface area contributed by atoms with E-state index in [1.54, 1.807) is 18.3 Å². The fourth-order valence-corrected chi connectivity index (χ4v) is 1.58. The Morgan fingerprint density at radius 2 is 2.11 bits per heavy atom. The molecule has 0 bridgehead atoms. The molecule has 0 fully saturated rings. The molecule has 0 saturated carbocycles. The van der Waals surface area contributed by atoms with Crippen LogP contribution in [-0.2, 0) is 11.2 Å². The van der Waals surface area contributed by atoms with Gasteiger partial charge in [0.15, 0.2) is 0 Å². The molecule has 2 aromatic rings. The standard InChI is InChI=1S/C12H12N4O3/c1-8-7-13-15-12(8)14-11(17)6-9-2-4-10(5-3-9)16(18)19/h2-5,7H,6H2,1H3,(H2,13,14,15,17). The van der Waals surface area contributed by atoms with Crippen LogP contribution in [0.3, 0.4) is 0 Å². The number of amides is 1. The number of aromatic amines is 1. The minimum atomic E-state index is -0.474. The topological polar surface area (TPSA) is 101 Å². The number of hydrogen-bond donors (Lipinski definition) is 2. The summed E-state index contributed by atoms with van der Waals surface area (Å²) in [6.07, 6.45) is 1.76. The van der Waals surface area contributed by atoms with Gasteiger partial charge in [0, 0.05) is 17.7 Å². The molecule has 0 atom stereocenters. The van der Waals surface area contributed by atoms with Crippen molar-refractivity contribution in [2.24, 2.45) is 0 Å². The third kappa shape index (κ3) is 3.15. The lowest BCUT2D eigenvalue weighted by Gasteiger charge is -2.03. The SMILES string of the molecule is Cc1cn[nH]c1NC(=O)Cc1ccc([N+](=O)[O-])cc1. The predicted octanol–water partition coefficient (Wildman–Crippen LogP) is 1.81. The van der Waals surface area contributed by atoms with Gasteiger partial charge in [-0.3, -0.25) is 20.0 Å². The second kappa shape index (κ2) is 5.30. The monoisotopic (exact) mass is 260 g/mol. The number of nitro benzene ring substituents is 1. The third-order valence-electron chi connectivity index (χ3n) is 2.61. The molecule has 1 aromatic carbocycles. The number of nitrogens with zero attached hydrogens (tertiary/aromatic N) is 2. The molecule has 1 amide bonds. The Kier molecular flexibility index (Phi) is 3.56. The summed E-state index contributed by atoms with van der Waals surface area (Å²) in [4.78, 5) is 21.8. The Morgan fingerprint density at radius 1 is 1.42 bits per heavy atom. The molecule has 2 N–H and O–H groups in total. The van der Waals surface area contributed by atoms with Crippen LogP contribution in [-0.4, -0.2) is 21.0 Å². The van der Waals surface area contributed by atoms with Gasteiger partial charge in [0.1, 0.15) is 5.82 Å². The lowest BCUT2D eigenvalue weighted by molar-refractivity contribution is -0.384. The largest absolute Gasteiger partial charge is 0.311 e. The Bertz CT molecular complexity index is 604. The van der Waals surface area contributed by atoms with Crippen LogP contribution < -0.4 is 5.32 Å². The Labute approximate surface area is 108 Å². The lowest BCUT2D eigenvalue weighted by Crippen LogP contribution is -2.15. The van der Waals surface area contributed by atoms with Crippen LogP contribution in [0.15, 0.2) is 30.5 Å². The summed E-state index contributed by atoms with van der Waals surface area (Å²) in [5, 5.41) is 19.7. The first kappa shape index (κ1) is 12.7. The van der Waals surface area contributed by atoms with Gasteiger partial charge in [-0.15, -0.1) is 0 Å². The number of aryl methyl sites for hydroxylation is 1. The zero-order valence-corrected chi connectivity index (χ0v) is 10.2. The van der Waals surface area contributed by atoms with E-state index in [1.807, 2.05) is 6.92 Å². The minimum absolute atomic E-state index is 0.00794. The summed E-state index contributed by atoms with van der Waals surface area (Å²) < 4.78 is 0. The predicted molar refractivity (Wildman–Crippen MR) is 68.8 cm³/mol. The first-order valence-electron chi connectivity index (χ1n) is 5.59. The fraction of sp³-hybridized carbons (Fsp3) is 0.167. The van der Waals surface area contributed by atoms with E-state index in [0.717, 1.165) is 5.56 Å². The van der Waals surface area contributed by atoms with Crippen molar-refractivity contribution >= 4 is 17.4 Å². The normalized spacial score (nSPS) is 10.2. The van der Waals surface area contributed by atoms with E-state index >= 15 is 0 Å². The number of carbonyl (C=O) groups excluding carboxylic acids is 1. The second-order valence-corrected chi connectivity index (χ2v) is 4.08. The number of H-pyrrole nitrogens is 1. The number of benzene rings is 1. The lowest BCUT2D eigenvalue weighted by atomic mass is 10.1. The number of nitro groups is 1. The van der Waals surface area contributed by atoms with Crippen molar-refractivity contribution in [1.82, 2.24) is 10.2 Å². The van der Waals surface area contributed by atoms with Gasteiger partial charge in [-0.2, -0.15) is 5.10 Å². The van der Waals surface area contributed by atoms with Crippen LogP contribution in [0.4, 0.5) is 11.5 Å². The quantitative estimate of drug-likeness (QED) is 0.646. The van der Waals surface area contributed by atoms with Crippen molar-refractivity contribution in [2.45, 2.75) is 13.3 Å². The van der Waals surface area contributed by atoms with E-state index in [2.05, 4.69) is 15.5 Å². The summed E-state index contributed by atoms with van der Waals surface area (Å²) >= 11 is 0. The smallest absolute Gasteiger partial charge is 0.269 e. The number of rotatable bonds is 4. The number of aromatic nitrogens is 2. The molecule has 0 saturated heterocycles. The van der Waals surface area contributed by atoms with Crippen LogP contribution in [0, 0.1) is 17.0 Å². The molecule has 0 radical (unpaired) electrons. The highest BCUT2D eigenvalue weighted by Crippen LogP contribution is 2.13. The van der Waals surface area contributed by atoms with E-state index in [9.17, 15) is 14.9 Å². The first-order valence-corrected chi connectivity index (χ1v) is 5.59. The summed E-state index contributed by atoms with van der Waals surface area (Å²) in [5.74, 6) is 0.355. The summed E-state index contributed by atoms with van der Waals surface area (Å²) in [6.45, 7) is 1.82. The average molecular weight is 260 g/mol. The van der Waals surface area contributed by atoms with E-state index in [0.29, 0.717) is 11.4 Å². The molecule has 0 aliphatic heterocycles. The summed E-state index contributed by atoms with van der Waals surface area (Å²) in [6, 6.07) is 5.89. The molecule has 7 nitrogen and oxygen atoms in total. The summed E-state index contributed by atoms with van der Waals surface area (Å²) in [7, 11) is 0. The molecule has 2 rings (SSSR count). The number of carbonyl (C=O) groups is 1. The Morgan fingerprint density at radius 3 is 2.63 bits per heavy atom. The van der Waals surface area contributed by atoms with Gasteiger partial charge in [0.2, 0.25) is 5.91 Å². The molecule has 0 unspecified atom stereocenters. The zero-order valence-electron chi connectivity index (χ0n) is 10.2. The van der Waals surface area contributed by atoms with Gasteiger partial charge in [0.25, 0.3) is 5.69 Å². The molecule has 0 aliphatic rings. The maximum atomic E-state index is 11.8. The second-order valence-electron chi connectivity index (χ2n) is 4.08. The highest BCUT2D eigenvalue weighted by molar-refractivity contribution is 5.91. The van der Waals surface area contributed by atoms with Gasteiger partial charge < -0.3 is 5.32 Å². The third-order valence-corrected chi connectivity index (χ3v) is 2.61. The van der Waals surface area contributed by atoms with Crippen LogP contribution >= 0.6 is 0 Å². The van der Waals surface area contributed by atoms with Crippen molar-refractivity contribution in [2.75, 3.05) is 5.32 Å². The molecule has 0 spiro atoms. The van der Waals surface area contributed by atoms with Crippen molar-refractivity contribution in [1.29, 1.82) is 0 Å². The molecular formula is C12H12N4O3. The number of anilines is 1. The van der Waals surface area contributed by atoms with Gasteiger partial charge in [-0.25, -0.2) is 0 Å². The van der Waals surface area contributed by atoms with E-state index < -0.39 is 4.92 Å². The number of nitrogens with one attached hydrogen (secondary N) is 2. The van der Waals surface area contributed by atoms with Gasteiger partial charge in [0.05, 0.1) is 17.5 Å². The minimum Gasteiger partial charge on any atom is -0.311 e. The molecular weight excluding hydrogens is 248 g/mol. The fourth-order valence-electron chi connectivity index (χ4n) is 1.58. The van der Waals surface area contributed by atoms with Crippen LogP contribution in [0.2, 0.25) is 0 Å². The van der Waals surface area contributed by atoms with E-state index in [1.165, 1.54) is 12.1 Å². The molecule has 1 aromatic heterocycles. The molecule has 7 heteroatoms. The average Bonchev–Trinajstić information content (AvgIpc) is 2.75. The number of hydrogen-bond acceptors (Lipinski definition) is 4. The maximum Gasteiger partial charge on any atom is 0.269 e. The Hall–Kier alpha value is -2.70. The number of non-ortho nitro benzene ring substituents is 1. The van der Waals surface area contributed by atoms with Gasteiger partial charge in [-0.1, -0.05) is 12.1 Å². The highest BCUT2D eigenvalue weighted by atomic mass is 16.6. The van der Waals surface area contributed by atoms with E-state index in [4.69, 9.17) is 0 Å². The van der Waals surface area contributed by atoms with Crippen LogP contribution in [0.5, 0.6) is 0 Å². The maximum absolute atomic E-state index is 11.8. The van der Waals surface area contributed by atoms with Crippen molar-refractivity contribution in [3.05, 3.63) is 51.7 Å². The zero-order chi connectivity index (χ0) is 13.8. The van der Waals surface area contributed by atoms with Crippen LogP contribution in [0.1, 0.15) is 11.1 Å². The molecule has 1 heterocycles. The molecule has 98 valence electrons. The van der Waals surface area contributed by atoms with Gasteiger partial charge in [-0.05, 0) is 12.5 Å². The Balaban J connectivity index is 1.99. The van der Waals surface area contributed by atoms with Crippen LogP contribution in [0.25, 0.3) is 0 Å². The van der Waals surface area contributed by atoms with Crippen molar-refractivity contribution in [3.8, 4) is 0 Å². The van der Waals surface area contributed by atoms with E-state index in [-0.39, 0.29) is 18.0 Å². The molecule has 19 heavy (non-hydrogen) atoms.